The summed E-state index contributed by atoms with van der Waals surface area (Å²) in [6, 6.07) is 8.41. The van der Waals surface area contributed by atoms with Crippen molar-refractivity contribution in [2.45, 2.75) is 26.7 Å². The number of rotatable bonds is 4. The van der Waals surface area contributed by atoms with Gasteiger partial charge in [0.15, 0.2) is 0 Å². The summed E-state index contributed by atoms with van der Waals surface area (Å²) in [5.41, 5.74) is 2.59. The fourth-order valence-corrected chi connectivity index (χ4v) is 2.71. The van der Waals surface area contributed by atoms with Crippen molar-refractivity contribution in [1.29, 1.82) is 0 Å². The third-order valence-electron chi connectivity index (χ3n) is 3.74. The summed E-state index contributed by atoms with van der Waals surface area (Å²) in [5.74, 6) is 0.745. The molecule has 0 saturated heterocycles. The zero-order chi connectivity index (χ0) is 13.1. The van der Waals surface area contributed by atoms with Crippen LogP contribution in [-0.4, -0.2) is 37.0 Å². The number of para-hydroxylation sites is 1. The first-order chi connectivity index (χ1) is 8.67. The molecule has 18 heavy (non-hydrogen) atoms. The molecule has 0 spiro atoms. The van der Waals surface area contributed by atoms with Crippen molar-refractivity contribution in [1.82, 2.24) is 4.90 Å². The number of carbonyl (C=O) groups is 1. The van der Waals surface area contributed by atoms with Crippen molar-refractivity contribution in [3.63, 3.8) is 0 Å². The van der Waals surface area contributed by atoms with Gasteiger partial charge in [0.05, 0.1) is 6.54 Å². The number of hydrogen-bond acceptors (Lipinski definition) is 2. The van der Waals surface area contributed by atoms with Crippen LogP contribution in [0.5, 0.6) is 0 Å². The van der Waals surface area contributed by atoms with Crippen molar-refractivity contribution >= 4 is 11.6 Å². The summed E-state index contributed by atoms with van der Waals surface area (Å²) in [6.07, 6.45) is 0. The second-order valence-corrected chi connectivity index (χ2v) is 4.91. The first-order valence-corrected chi connectivity index (χ1v) is 6.79. The van der Waals surface area contributed by atoms with Gasteiger partial charge in [-0.25, -0.2) is 0 Å². The highest BCUT2D eigenvalue weighted by atomic mass is 16.2. The fraction of sp³-hybridized carbons (Fsp3) is 0.533. The van der Waals surface area contributed by atoms with Gasteiger partial charge < -0.3 is 9.80 Å². The number of likely N-dealkylation sites (N-methyl/N-ethyl adjacent to an activating group) is 1. The zero-order valence-corrected chi connectivity index (χ0v) is 11.5. The van der Waals surface area contributed by atoms with Crippen LogP contribution < -0.4 is 4.90 Å². The lowest BCUT2D eigenvalue weighted by molar-refractivity contribution is -0.129. The van der Waals surface area contributed by atoms with Gasteiger partial charge in [0.25, 0.3) is 0 Å². The van der Waals surface area contributed by atoms with Crippen molar-refractivity contribution in [3.05, 3.63) is 29.8 Å². The third-order valence-corrected chi connectivity index (χ3v) is 3.74. The third kappa shape index (κ3) is 2.35. The van der Waals surface area contributed by atoms with Crippen molar-refractivity contribution in [3.8, 4) is 0 Å². The minimum absolute atomic E-state index is 0.226. The first-order valence-electron chi connectivity index (χ1n) is 6.79. The predicted molar refractivity (Wildman–Crippen MR) is 75.0 cm³/mol. The summed E-state index contributed by atoms with van der Waals surface area (Å²) in [4.78, 5) is 16.3. The highest BCUT2D eigenvalue weighted by Crippen LogP contribution is 2.35. The summed E-state index contributed by atoms with van der Waals surface area (Å²) >= 11 is 0. The maximum atomic E-state index is 12.2. The normalized spacial score (nSPS) is 17.7. The lowest BCUT2D eigenvalue weighted by Gasteiger charge is -2.24. The number of hydrogen-bond donors (Lipinski definition) is 0. The molecule has 3 heteroatoms. The first kappa shape index (κ1) is 12.9. The SMILES string of the molecule is CCN(CC)C(=O)CN1CC(C)c2ccccc21. The maximum absolute atomic E-state index is 12.2. The Morgan fingerprint density at radius 3 is 2.67 bits per heavy atom. The summed E-state index contributed by atoms with van der Waals surface area (Å²) in [5, 5.41) is 0. The zero-order valence-electron chi connectivity index (χ0n) is 11.5. The molecule has 1 aliphatic rings. The molecule has 3 nitrogen and oxygen atoms in total. The molecule has 1 atom stereocenters. The Kier molecular flexibility index (Phi) is 3.90. The van der Waals surface area contributed by atoms with Gasteiger partial charge in [-0.1, -0.05) is 25.1 Å². The summed E-state index contributed by atoms with van der Waals surface area (Å²) in [6.45, 7) is 9.32. The van der Waals surface area contributed by atoms with Crippen LogP contribution in [0, 0.1) is 0 Å². The average molecular weight is 246 g/mol. The smallest absolute Gasteiger partial charge is 0.242 e. The van der Waals surface area contributed by atoms with Crippen LogP contribution in [0.4, 0.5) is 5.69 Å². The molecule has 98 valence electrons. The minimum Gasteiger partial charge on any atom is -0.361 e. The van der Waals surface area contributed by atoms with Crippen LogP contribution in [0.15, 0.2) is 24.3 Å². The molecule has 0 N–H and O–H groups in total. The van der Waals surface area contributed by atoms with E-state index < -0.39 is 0 Å². The molecule has 0 saturated carbocycles. The van der Waals surface area contributed by atoms with Crippen molar-refractivity contribution < 1.29 is 4.79 Å². The predicted octanol–water partition coefficient (Wildman–Crippen LogP) is 2.48. The molecule has 1 unspecified atom stereocenters. The van der Waals surface area contributed by atoms with E-state index in [1.807, 2.05) is 24.8 Å². The van der Waals surface area contributed by atoms with Gasteiger partial charge in [0, 0.05) is 31.2 Å². The Morgan fingerprint density at radius 1 is 1.33 bits per heavy atom. The second-order valence-electron chi connectivity index (χ2n) is 4.91. The van der Waals surface area contributed by atoms with E-state index >= 15 is 0 Å². The Bertz CT molecular complexity index is 426. The summed E-state index contributed by atoms with van der Waals surface area (Å²) < 4.78 is 0. The van der Waals surface area contributed by atoms with E-state index in [0.29, 0.717) is 12.5 Å². The van der Waals surface area contributed by atoms with Gasteiger partial charge in [-0.15, -0.1) is 0 Å². The van der Waals surface area contributed by atoms with Gasteiger partial charge in [0.1, 0.15) is 0 Å². The maximum Gasteiger partial charge on any atom is 0.242 e. The Balaban J connectivity index is 2.11. The van der Waals surface area contributed by atoms with E-state index in [0.717, 1.165) is 19.6 Å². The van der Waals surface area contributed by atoms with Crippen molar-refractivity contribution in [2.75, 3.05) is 31.1 Å². The van der Waals surface area contributed by atoms with E-state index in [2.05, 4.69) is 30.0 Å². The van der Waals surface area contributed by atoms with Crippen LogP contribution >= 0.6 is 0 Å². The molecule has 0 aromatic heterocycles. The molecule has 0 bridgehead atoms. The number of carbonyl (C=O) groups excluding carboxylic acids is 1. The van der Waals surface area contributed by atoms with Crippen LogP contribution in [0.25, 0.3) is 0 Å². The average Bonchev–Trinajstić information content (AvgIpc) is 2.69. The molecule has 0 aliphatic carbocycles. The molecule has 1 heterocycles. The summed E-state index contributed by atoms with van der Waals surface area (Å²) in [7, 11) is 0. The number of fused-ring (bicyclic) bond motifs is 1. The minimum atomic E-state index is 0.226. The molecule has 2 rings (SSSR count). The molecule has 1 aromatic rings. The van der Waals surface area contributed by atoms with Gasteiger partial charge in [-0.05, 0) is 25.5 Å². The van der Waals surface area contributed by atoms with Crippen LogP contribution in [0.1, 0.15) is 32.3 Å². The topological polar surface area (TPSA) is 23.6 Å². The monoisotopic (exact) mass is 246 g/mol. The van der Waals surface area contributed by atoms with Gasteiger partial charge in [-0.3, -0.25) is 4.79 Å². The van der Waals surface area contributed by atoms with E-state index in [1.54, 1.807) is 0 Å². The Morgan fingerprint density at radius 2 is 2.00 bits per heavy atom. The van der Waals surface area contributed by atoms with Crippen LogP contribution in [0.2, 0.25) is 0 Å². The van der Waals surface area contributed by atoms with Crippen LogP contribution in [0.3, 0.4) is 0 Å². The van der Waals surface area contributed by atoms with Gasteiger partial charge in [0.2, 0.25) is 5.91 Å². The van der Waals surface area contributed by atoms with Crippen molar-refractivity contribution in [2.24, 2.45) is 0 Å². The molecular formula is C15H22N2O. The standard InChI is InChI=1S/C15H22N2O/c1-4-16(5-2)15(18)11-17-10-12(3)13-8-6-7-9-14(13)17/h6-9,12H,4-5,10-11H2,1-3H3. The molecule has 1 aromatic carbocycles. The Labute approximate surface area is 109 Å². The number of benzene rings is 1. The highest BCUT2D eigenvalue weighted by Gasteiger charge is 2.27. The largest absolute Gasteiger partial charge is 0.361 e. The lowest BCUT2D eigenvalue weighted by Crippen LogP contribution is -2.39. The number of amides is 1. The van der Waals surface area contributed by atoms with Gasteiger partial charge in [-0.2, -0.15) is 0 Å². The second kappa shape index (κ2) is 5.42. The highest BCUT2D eigenvalue weighted by molar-refractivity contribution is 5.82. The Hall–Kier alpha value is -1.51. The quantitative estimate of drug-likeness (QED) is 0.815. The number of nitrogens with zero attached hydrogens (tertiary/aromatic N) is 2. The van der Waals surface area contributed by atoms with E-state index in [1.165, 1.54) is 11.3 Å². The fourth-order valence-electron chi connectivity index (χ4n) is 2.71. The molecule has 1 amide bonds. The molecule has 1 aliphatic heterocycles. The lowest BCUT2D eigenvalue weighted by atomic mass is 10.0. The van der Waals surface area contributed by atoms with E-state index in [-0.39, 0.29) is 5.91 Å². The molecule has 0 radical (unpaired) electrons. The number of anilines is 1. The van der Waals surface area contributed by atoms with E-state index in [4.69, 9.17) is 0 Å². The van der Waals surface area contributed by atoms with Gasteiger partial charge >= 0.3 is 0 Å². The molecular weight excluding hydrogens is 224 g/mol. The van der Waals surface area contributed by atoms with Crippen LogP contribution in [-0.2, 0) is 4.79 Å². The molecule has 0 fully saturated rings. The van der Waals surface area contributed by atoms with E-state index in [9.17, 15) is 4.79 Å².